The second-order valence-electron chi connectivity index (χ2n) is 9.92. The number of aryl methyl sites for hydroxylation is 1. The number of carbonyl (C=O) groups is 2. The van der Waals surface area contributed by atoms with Crippen LogP contribution in [0.15, 0.2) is 15.6 Å². The van der Waals surface area contributed by atoms with Crippen LogP contribution in [0.25, 0.3) is 10.9 Å². The molecule has 1 aromatic carbocycles. The molecule has 7 nitrogen and oxygen atoms in total. The fraction of sp³-hybridized carbons (Fsp3) is 0.522. The summed E-state index contributed by atoms with van der Waals surface area (Å²) in [5, 5.41) is 4.20. The highest BCUT2D eigenvalue weighted by atomic mass is 79.9. The van der Waals surface area contributed by atoms with E-state index < -0.39 is 11.4 Å². The van der Waals surface area contributed by atoms with E-state index in [0.29, 0.717) is 27.1 Å². The second-order valence-corrected chi connectivity index (χ2v) is 11.5. The van der Waals surface area contributed by atoms with Crippen molar-refractivity contribution in [1.29, 1.82) is 0 Å². The van der Waals surface area contributed by atoms with Gasteiger partial charge in [0.1, 0.15) is 16.1 Å². The molecule has 6 rings (SSSR count). The van der Waals surface area contributed by atoms with Crippen LogP contribution in [0, 0.1) is 18.7 Å². The van der Waals surface area contributed by atoms with Gasteiger partial charge in [-0.1, -0.05) is 0 Å². The fourth-order valence-electron chi connectivity index (χ4n) is 5.23. The average Bonchev–Trinajstić information content (AvgIpc) is 3.31. The van der Waals surface area contributed by atoms with E-state index in [1.807, 2.05) is 40.0 Å². The normalized spacial score (nSPS) is 24.0. The monoisotopic (exact) mass is 536 g/mol. The van der Waals surface area contributed by atoms with E-state index in [9.17, 15) is 9.59 Å². The van der Waals surface area contributed by atoms with E-state index in [-0.39, 0.29) is 42.1 Å². The molecule has 176 valence electrons. The van der Waals surface area contributed by atoms with Crippen LogP contribution in [0.2, 0.25) is 0 Å². The highest BCUT2D eigenvalue weighted by Crippen LogP contribution is 2.51. The van der Waals surface area contributed by atoms with Crippen molar-refractivity contribution in [1.82, 2.24) is 9.88 Å². The molecule has 1 N–H and O–H groups in total. The van der Waals surface area contributed by atoms with Crippen molar-refractivity contribution in [2.45, 2.75) is 56.8 Å². The first-order valence-corrected chi connectivity index (χ1v) is 12.9. The highest BCUT2D eigenvalue weighted by Gasteiger charge is 2.58. The minimum absolute atomic E-state index is 0.0327. The fourth-order valence-corrected chi connectivity index (χ4v) is 6.07. The average molecular weight is 537 g/mol. The van der Waals surface area contributed by atoms with E-state index in [0.717, 1.165) is 17.7 Å². The van der Waals surface area contributed by atoms with Gasteiger partial charge in [0.25, 0.3) is 0 Å². The molecule has 10 heteroatoms. The number of fused-ring (bicyclic) bond motifs is 4. The Balaban J connectivity index is 1.61. The summed E-state index contributed by atoms with van der Waals surface area (Å²) < 4.78 is 21.3. The van der Waals surface area contributed by atoms with Crippen molar-refractivity contribution in [3.63, 3.8) is 0 Å². The Bertz CT molecular complexity index is 1200. The largest absolute Gasteiger partial charge is 0.444 e. The minimum atomic E-state index is -0.575. The Morgan fingerprint density at radius 1 is 1.39 bits per heavy atom. The van der Waals surface area contributed by atoms with Gasteiger partial charge in [-0.2, -0.15) is 0 Å². The Labute approximate surface area is 204 Å². The molecule has 0 radical (unpaired) electrons. The first kappa shape index (κ1) is 22.7. The summed E-state index contributed by atoms with van der Waals surface area (Å²) in [4.78, 5) is 33.9. The maximum atomic E-state index is 15.2. The molecule has 3 fully saturated rings. The molecule has 4 heterocycles. The van der Waals surface area contributed by atoms with Crippen LogP contribution in [0.3, 0.4) is 0 Å². The summed E-state index contributed by atoms with van der Waals surface area (Å²) >= 11 is 4.70. The summed E-state index contributed by atoms with van der Waals surface area (Å²) in [7, 11) is 0. The van der Waals surface area contributed by atoms with Crippen molar-refractivity contribution < 1.29 is 18.7 Å². The van der Waals surface area contributed by atoms with Crippen LogP contribution in [-0.4, -0.2) is 58.9 Å². The SMILES string of the molecule is CSc1nc2c(F)c(Br)c(C)cc2c2c1NC(=O)CN2C1C2CC1N(C(=O)OC(C)(C)C)C2. The zero-order valence-electron chi connectivity index (χ0n) is 19.2. The summed E-state index contributed by atoms with van der Waals surface area (Å²) in [6, 6.07) is 1.83. The molecule has 33 heavy (non-hydrogen) atoms. The predicted octanol–water partition coefficient (Wildman–Crippen LogP) is 4.93. The molecule has 1 aliphatic carbocycles. The van der Waals surface area contributed by atoms with Crippen LogP contribution in [0.5, 0.6) is 0 Å². The maximum absolute atomic E-state index is 15.2. The number of amides is 2. The Morgan fingerprint density at radius 2 is 2.12 bits per heavy atom. The van der Waals surface area contributed by atoms with Gasteiger partial charge in [-0.25, -0.2) is 14.2 Å². The third kappa shape index (κ3) is 3.56. The molecule has 1 aromatic heterocycles. The van der Waals surface area contributed by atoms with E-state index in [1.165, 1.54) is 11.8 Å². The molecular formula is C23H26BrFN4O3S. The van der Waals surface area contributed by atoms with Gasteiger partial charge in [0.2, 0.25) is 5.91 Å². The first-order valence-electron chi connectivity index (χ1n) is 10.9. The summed E-state index contributed by atoms with van der Waals surface area (Å²) in [6.45, 7) is 8.14. The maximum Gasteiger partial charge on any atom is 0.410 e. The van der Waals surface area contributed by atoms with Gasteiger partial charge in [0, 0.05) is 17.8 Å². The lowest BCUT2D eigenvalue weighted by atomic mass is 9.78. The van der Waals surface area contributed by atoms with Gasteiger partial charge < -0.3 is 19.9 Å². The number of ether oxygens (including phenoxy) is 1. The second kappa shape index (κ2) is 7.73. The lowest BCUT2D eigenvalue weighted by Crippen LogP contribution is -2.59. The number of nitrogens with one attached hydrogen (secondary N) is 1. The van der Waals surface area contributed by atoms with Gasteiger partial charge in [-0.3, -0.25) is 4.79 Å². The van der Waals surface area contributed by atoms with Crippen LogP contribution in [-0.2, 0) is 9.53 Å². The number of pyridine rings is 1. The predicted molar refractivity (Wildman–Crippen MR) is 131 cm³/mol. The summed E-state index contributed by atoms with van der Waals surface area (Å²) in [6.07, 6.45) is 2.40. The lowest BCUT2D eigenvalue weighted by molar-refractivity contribution is -0.115. The Hall–Kier alpha value is -2.07. The van der Waals surface area contributed by atoms with Crippen molar-refractivity contribution in [3.05, 3.63) is 21.9 Å². The van der Waals surface area contributed by atoms with Crippen molar-refractivity contribution in [3.8, 4) is 0 Å². The Morgan fingerprint density at radius 3 is 2.79 bits per heavy atom. The smallest absolute Gasteiger partial charge is 0.410 e. The quantitative estimate of drug-likeness (QED) is 0.548. The lowest BCUT2D eigenvalue weighted by Gasteiger charge is -2.47. The topological polar surface area (TPSA) is 74.8 Å². The zero-order valence-corrected chi connectivity index (χ0v) is 21.6. The van der Waals surface area contributed by atoms with Gasteiger partial charge in [-0.15, -0.1) is 11.8 Å². The Kier molecular flexibility index (Phi) is 5.32. The number of aromatic nitrogens is 1. The summed E-state index contributed by atoms with van der Waals surface area (Å²) in [5.74, 6) is -0.320. The molecule has 2 amide bonds. The molecule has 3 unspecified atom stereocenters. The third-order valence-electron chi connectivity index (χ3n) is 6.58. The molecule has 4 aliphatic rings. The van der Waals surface area contributed by atoms with Crippen LogP contribution in [0.1, 0.15) is 32.8 Å². The van der Waals surface area contributed by atoms with E-state index >= 15 is 4.39 Å². The zero-order chi connectivity index (χ0) is 23.8. The molecular weight excluding hydrogens is 511 g/mol. The van der Waals surface area contributed by atoms with Crippen LogP contribution >= 0.6 is 27.7 Å². The van der Waals surface area contributed by atoms with Gasteiger partial charge in [0.15, 0.2) is 5.82 Å². The van der Waals surface area contributed by atoms with Gasteiger partial charge in [0.05, 0.1) is 34.5 Å². The van der Waals surface area contributed by atoms with Crippen LogP contribution < -0.4 is 10.2 Å². The van der Waals surface area contributed by atoms with Gasteiger partial charge in [-0.05, 0) is 67.9 Å². The molecule has 3 aliphatic heterocycles. The number of nitrogens with zero attached hydrogens (tertiary/aromatic N) is 3. The molecule has 0 spiro atoms. The van der Waals surface area contributed by atoms with Crippen molar-refractivity contribution in [2.75, 3.05) is 29.6 Å². The third-order valence-corrected chi connectivity index (χ3v) is 8.24. The van der Waals surface area contributed by atoms with Crippen molar-refractivity contribution in [2.24, 2.45) is 5.92 Å². The van der Waals surface area contributed by atoms with E-state index in [2.05, 4.69) is 31.1 Å². The van der Waals surface area contributed by atoms with Crippen LogP contribution in [0.4, 0.5) is 20.6 Å². The summed E-state index contributed by atoms with van der Waals surface area (Å²) in [5.41, 5.74) is 1.85. The minimum Gasteiger partial charge on any atom is -0.444 e. The molecule has 2 aromatic rings. The highest BCUT2D eigenvalue weighted by molar-refractivity contribution is 9.10. The molecule has 2 bridgehead atoms. The molecule has 1 saturated carbocycles. The molecule has 2 saturated heterocycles. The van der Waals surface area contributed by atoms with E-state index in [1.54, 1.807) is 4.90 Å². The van der Waals surface area contributed by atoms with Crippen molar-refractivity contribution >= 4 is 62.0 Å². The number of carbonyl (C=O) groups excluding carboxylic acids is 2. The van der Waals surface area contributed by atoms with E-state index in [4.69, 9.17) is 4.74 Å². The number of rotatable bonds is 2. The number of hydrogen-bond donors (Lipinski definition) is 1. The van der Waals surface area contributed by atoms with Gasteiger partial charge >= 0.3 is 6.09 Å². The number of benzene rings is 1. The molecule has 3 atom stereocenters. The first-order chi connectivity index (χ1) is 15.5. The standard InChI is InChI=1S/C23H26BrFN4O3S/c1-10-6-12-17(16(25)15(10)24)27-21(33-5)18-20(12)29(9-14(30)26-18)19-11-7-13(19)28(8-11)22(31)32-23(2,3)4/h6,11,13,19H,7-9H2,1-5H3,(H,26,30). The number of halogens is 2. The number of hydrogen-bond acceptors (Lipinski definition) is 6. The number of thioether (sulfide) groups is 1. The number of anilines is 2.